The van der Waals surface area contributed by atoms with Gasteiger partial charge in [0.2, 0.25) is 5.91 Å². The third-order valence-corrected chi connectivity index (χ3v) is 6.26. The molecule has 24 heavy (non-hydrogen) atoms. The quantitative estimate of drug-likeness (QED) is 0.823. The van der Waals surface area contributed by atoms with Crippen LogP contribution < -0.4 is 10.2 Å². The molecule has 1 aromatic heterocycles. The van der Waals surface area contributed by atoms with Crippen LogP contribution in [0.15, 0.2) is 30.3 Å². The van der Waals surface area contributed by atoms with Crippen molar-refractivity contribution in [2.24, 2.45) is 5.92 Å². The number of thiophene rings is 1. The molecule has 3 nitrogen and oxygen atoms in total. The van der Waals surface area contributed by atoms with Crippen LogP contribution >= 0.6 is 22.9 Å². The van der Waals surface area contributed by atoms with E-state index in [-0.39, 0.29) is 11.8 Å². The summed E-state index contributed by atoms with van der Waals surface area (Å²) >= 11 is 7.67. The van der Waals surface area contributed by atoms with Gasteiger partial charge >= 0.3 is 0 Å². The van der Waals surface area contributed by atoms with Gasteiger partial charge < -0.3 is 10.2 Å². The van der Waals surface area contributed by atoms with Crippen molar-refractivity contribution in [3.05, 3.63) is 45.1 Å². The minimum absolute atomic E-state index is 0.190. The minimum atomic E-state index is 0.190. The number of amides is 1. The summed E-state index contributed by atoms with van der Waals surface area (Å²) in [6.07, 6.45) is 5.47. The summed E-state index contributed by atoms with van der Waals surface area (Å²) in [6, 6.07) is 10.4. The van der Waals surface area contributed by atoms with Crippen molar-refractivity contribution in [3.8, 4) is 0 Å². The number of hydrogen-bond donors (Lipinski definition) is 1. The Hall–Kier alpha value is -1.52. The number of carbonyl (C=O) groups excluding carboxylic acids is 1. The molecule has 0 atom stereocenters. The van der Waals surface area contributed by atoms with Gasteiger partial charge in [-0.15, -0.1) is 11.3 Å². The van der Waals surface area contributed by atoms with Crippen molar-refractivity contribution in [2.75, 3.05) is 16.8 Å². The summed E-state index contributed by atoms with van der Waals surface area (Å²) in [5.74, 6) is 0.397. The summed E-state index contributed by atoms with van der Waals surface area (Å²) in [5.41, 5.74) is 3.53. The highest BCUT2D eigenvalue weighted by Crippen LogP contribution is 2.34. The average Bonchev–Trinajstić information content (AvgIpc) is 3.29. The van der Waals surface area contributed by atoms with E-state index in [1.165, 1.54) is 29.0 Å². The van der Waals surface area contributed by atoms with E-state index < -0.39 is 0 Å². The molecule has 0 spiro atoms. The van der Waals surface area contributed by atoms with Gasteiger partial charge in [-0.1, -0.05) is 24.4 Å². The van der Waals surface area contributed by atoms with E-state index in [4.69, 9.17) is 11.6 Å². The highest BCUT2D eigenvalue weighted by atomic mass is 35.5. The van der Waals surface area contributed by atoms with Crippen molar-refractivity contribution >= 4 is 40.2 Å². The second kappa shape index (κ2) is 6.77. The predicted octanol–water partition coefficient (Wildman–Crippen LogP) is 5.09. The number of hydrogen-bond acceptors (Lipinski definition) is 3. The number of nitrogens with zero attached hydrogens (tertiary/aromatic N) is 1. The van der Waals surface area contributed by atoms with E-state index in [0.717, 1.165) is 42.4 Å². The van der Waals surface area contributed by atoms with Gasteiger partial charge in [-0.2, -0.15) is 0 Å². The normalized spacial score (nSPS) is 17.3. The van der Waals surface area contributed by atoms with E-state index in [1.54, 1.807) is 11.3 Å². The number of carbonyl (C=O) groups is 1. The predicted molar refractivity (Wildman–Crippen MR) is 101 cm³/mol. The summed E-state index contributed by atoms with van der Waals surface area (Å²) in [6.45, 7) is 1.92. The Kier molecular flexibility index (Phi) is 4.51. The van der Waals surface area contributed by atoms with Crippen molar-refractivity contribution in [2.45, 2.75) is 38.6 Å². The molecule has 1 saturated carbocycles. The molecule has 1 fully saturated rings. The van der Waals surface area contributed by atoms with Crippen molar-refractivity contribution < 1.29 is 4.79 Å². The molecule has 2 aliphatic rings. The van der Waals surface area contributed by atoms with Gasteiger partial charge in [-0.05, 0) is 55.2 Å². The van der Waals surface area contributed by atoms with Crippen LogP contribution in [-0.4, -0.2) is 12.5 Å². The standard InChI is InChI=1S/C19H21ClN2OS/c20-18-8-6-16(24-18)12-22-10-9-14-11-15(5-7-17(14)22)21-19(23)13-3-1-2-4-13/h5-8,11,13H,1-4,9-10,12H2,(H,21,23). The monoisotopic (exact) mass is 360 g/mol. The van der Waals surface area contributed by atoms with Gasteiger partial charge in [-0.3, -0.25) is 4.79 Å². The fourth-order valence-electron chi connectivity index (χ4n) is 3.77. The molecule has 1 amide bonds. The van der Waals surface area contributed by atoms with Crippen LogP contribution in [0, 0.1) is 5.92 Å². The van der Waals surface area contributed by atoms with Crippen molar-refractivity contribution in [1.29, 1.82) is 0 Å². The fraction of sp³-hybridized carbons (Fsp3) is 0.421. The molecule has 5 heteroatoms. The lowest BCUT2D eigenvalue weighted by Crippen LogP contribution is -2.20. The second-order valence-corrected chi connectivity index (χ2v) is 8.49. The minimum Gasteiger partial charge on any atom is -0.366 e. The third-order valence-electron chi connectivity index (χ3n) is 5.04. The maximum absolute atomic E-state index is 12.3. The molecular formula is C19H21ClN2OS. The zero-order chi connectivity index (χ0) is 16.5. The number of halogens is 1. The number of rotatable bonds is 4. The van der Waals surface area contributed by atoms with E-state index in [9.17, 15) is 4.79 Å². The molecule has 0 bridgehead atoms. The summed E-state index contributed by atoms with van der Waals surface area (Å²) in [4.78, 5) is 16.0. The van der Waals surface area contributed by atoms with Gasteiger partial charge in [-0.25, -0.2) is 0 Å². The third kappa shape index (κ3) is 3.31. The Morgan fingerprint density at radius 2 is 2.08 bits per heavy atom. The smallest absolute Gasteiger partial charge is 0.227 e. The van der Waals surface area contributed by atoms with Gasteiger partial charge in [0.05, 0.1) is 10.9 Å². The van der Waals surface area contributed by atoms with Crippen LogP contribution in [0.25, 0.3) is 0 Å². The molecule has 1 aromatic carbocycles. The van der Waals surface area contributed by atoms with Crippen LogP contribution in [0.4, 0.5) is 11.4 Å². The van der Waals surface area contributed by atoms with Crippen LogP contribution in [0.3, 0.4) is 0 Å². The average molecular weight is 361 g/mol. The zero-order valence-corrected chi connectivity index (χ0v) is 15.1. The van der Waals surface area contributed by atoms with Crippen LogP contribution in [-0.2, 0) is 17.8 Å². The van der Waals surface area contributed by atoms with Gasteiger partial charge in [0.1, 0.15) is 0 Å². The highest BCUT2D eigenvalue weighted by molar-refractivity contribution is 7.16. The summed E-state index contributed by atoms with van der Waals surface area (Å²) < 4.78 is 0.842. The van der Waals surface area contributed by atoms with Crippen LogP contribution in [0.2, 0.25) is 4.34 Å². The molecule has 4 rings (SSSR count). The maximum Gasteiger partial charge on any atom is 0.227 e. The van der Waals surface area contributed by atoms with Gasteiger partial charge in [0.15, 0.2) is 0 Å². The molecule has 2 aromatic rings. The van der Waals surface area contributed by atoms with E-state index in [0.29, 0.717) is 0 Å². The Bertz CT molecular complexity index is 752. The van der Waals surface area contributed by atoms with Gasteiger partial charge in [0, 0.05) is 28.7 Å². The maximum atomic E-state index is 12.3. The molecule has 0 radical (unpaired) electrons. The molecular weight excluding hydrogens is 340 g/mol. The lowest BCUT2D eigenvalue weighted by Gasteiger charge is -2.19. The molecule has 126 valence electrons. The first-order valence-corrected chi connectivity index (χ1v) is 9.81. The molecule has 0 unspecified atom stereocenters. The Morgan fingerprint density at radius 1 is 1.25 bits per heavy atom. The Balaban J connectivity index is 1.45. The number of nitrogens with one attached hydrogen (secondary N) is 1. The molecule has 2 heterocycles. The lowest BCUT2D eigenvalue weighted by molar-refractivity contribution is -0.119. The topological polar surface area (TPSA) is 32.3 Å². The molecule has 1 aliphatic heterocycles. The van der Waals surface area contributed by atoms with Gasteiger partial charge in [0.25, 0.3) is 0 Å². The molecule has 1 aliphatic carbocycles. The fourth-order valence-corrected chi connectivity index (χ4v) is 4.87. The highest BCUT2D eigenvalue weighted by Gasteiger charge is 2.24. The van der Waals surface area contributed by atoms with Crippen LogP contribution in [0.5, 0.6) is 0 Å². The molecule has 1 N–H and O–H groups in total. The van der Waals surface area contributed by atoms with E-state index in [2.05, 4.69) is 28.4 Å². The summed E-state index contributed by atoms with van der Waals surface area (Å²) in [7, 11) is 0. The van der Waals surface area contributed by atoms with Crippen molar-refractivity contribution in [1.82, 2.24) is 0 Å². The zero-order valence-electron chi connectivity index (χ0n) is 13.6. The van der Waals surface area contributed by atoms with Crippen molar-refractivity contribution in [3.63, 3.8) is 0 Å². The van der Waals surface area contributed by atoms with Crippen LogP contribution in [0.1, 0.15) is 36.1 Å². The van der Waals surface area contributed by atoms with E-state index in [1.807, 2.05) is 12.1 Å². The molecule has 0 saturated heterocycles. The second-order valence-electron chi connectivity index (χ2n) is 6.69. The number of fused-ring (bicyclic) bond motifs is 1. The Labute approximate surface area is 151 Å². The number of benzene rings is 1. The summed E-state index contributed by atoms with van der Waals surface area (Å²) in [5, 5.41) is 3.11. The first kappa shape index (κ1) is 16.0. The Morgan fingerprint density at radius 3 is 2.83 bits per heavy atom. The largest absolute Gasteiger partial charge is 0.366 e. The van der Waals surface area contributed by atoms with E-state index >= 15 is 0 Å². The number of anilines is 2. The first-order valence-electron chi connectivity index (χ1n) is 8.62. The first-order chi connectivity index (χ1) is 11.7. The SMILES string of the molecule is O=C(Nc1ccc2c(c1)CCN2Cc1ccc(Cl)s1)C1CCCC1. The lowest BCUT2D eigenvalue weighted by atomic mass is 10.1.